The molecule has 0 unspecified atom stereocenters. The summed E-state index contributed by atoms with van der Waals surface area (Å²) in [5.41, 5.74) is 6.12. The van der Waals surface area contributed by atoms with Gasteiger partial charge in [0, 0.05) is 11.1 Å². The van der Waals surface area contributed by atoms with Crippen molar-refractivity contribution in [2.75, 3.05) is 13.3 Å². The molecule has 19 heavy (non-hydrogen) atoms. The van der Waals surface area contributed by atoms with Crippen molar-refractivity contribution in [2.45, 2.75) is 83.6 Å². The van der Waals surface area contributed by atoms with E-state index in [1.807, 2.05) is 0 Å². The summed E-state index contributed by atoms with van der Waals surface area (Å²) in [4.78, 5) is 2.57. The van der Waals surface area contributed by atoms with E-state index in [9.17, 15) is 0 Å². The van der Waals surface area contributed by atoms with Gasteiger partial charge >= 0.3 is 0 Å². The van der Waals surface area contributed by atoms with Gasteiger partial charge in [-0.25, -0.2) is 0 Å². The zero-order valence-electron chi connectivity index (χ0n) is 13.9. The SMILES string of the molecule is CC1(C)CCCC(C)(C)N1CO[Si](C)(C)CCCN. The summed E-state index contributed by atoms with van der Waals surface area (Å²) in [5.74, 6) is 0. The Hall–Kier alpha value is 0.0969. The summed E-state index contributed by atoms with van der Waals surface area (Å²) in [6.07, 6.45) is 4.95. The molecule has 0 aromatic rings. The second kappa shape index (κ2) is 6.25. The Labute approximate surface area is 121 Å². The molecule has 0 saturated carbocycles. The Bertz CT molecular complexity index is 274. The molecule has 114 valence electrons. The molecule has 3 nitrogen and oxygen atoms in total. The lowest BCUT2D eigenvalue weighted by Gasteiger charge is -2.53. The molecule has 0 atom stereocenters. The third-order valence-electron chi connectivity index (χ3n) is 4.61. The van der Waals surface area contributed by atoms with Crippen LogP contribution < -0.4 is 5.73 Å². The standard InChI is InChI=1S/C15H34N2OSi/c1-14(2)9-7-10-15(3,4)17(14)13-18-19(5,6)12-8-11-16/h7-13,16H2,1-6H3. The van der Waals surface area contributed by atoms with E-state index < -0.39 is 8.32 Å². The summed E-state index contributed by atoms with van der Waals surface area (Å²) in [6, 6.07) is 1.16. The van der Waals surface area contributed by atoms with Gasteiger partial charge in [0.2, 0.25) is 0 Å². The highest BCUT2D eigenvalue weighted by atomic mass is 28.4. The third-order valence-corrected chi connectivity index (χ3v) is 7.07. The van der Waals surface area contributed by atoms with E-state index in [1.54, 1.807) is 0 Å². The van der Waals surface area contributed by atoms with Crippen molar-refractivity contribution in [3.05, 3.63) is 0 Å². The van der Waals surface area contributed by atoms with Crippen molar-refractivity contribution >= 4 is 8.32 Å². The molecule has 1 aliphatic rings. The third kappa shape index (κ3) is 4.85. The smallest absolute Gasteiger partial charge is 0.188 e. The molecule has 1 rings (SSSR count). The van der Waals surface area contributed by atoms with E-state index in [0.717, 1.165) is 25.7 Å². The van der Waals surface area contributed by atoms with Crippen LogP contribution in [0, 0.1) is 0 Å². The highest BCUT2D eigenvalue weighted by Gasteiger charge is 2.41. The van der Waals surface area contributed by atoms with Crippen LogP contribution in [0.15, 0.2) is 0 Å². The molecular formula is C15H34N2OSi. The lowest BCUT2D eigenvalue weighted by atomic mass is 9.80. The van der Waals surface area contributed by atoms with Crippen molar-refractivity contribution < 1.29 is 4.43 Å². The maximum Gasteiger partial charge on any atom is 0.188 e. The molecule has 0 spiro atoms. The molecule has 1 aliphatic heterocycles. The van der Waals surface area contributed by atoms with Crippen LogP contribution in [-0.2, 0) is 4.43 Å². The second-order valence-corrected chi connectivity index (χ2v) is 12.1. The van der Waals surface area contributed by atoms with Crippen LogP contribution in [0.2, 0.25) is 19.1 Å². The molecule has 0 aromatic heterocycles. The molecule has 1 saturated heterocycles. The quantitative estimate of drug-likeness (QED) is 0.759. The van der Waals surface area contributed by atoms with Gasteiger partial charge in [0.25, 0.3) is 0 Å². The molecule has 0 bridgehead atoms. The van der Waals surface area contributed by atoms with E-state index in [2.05, 4.69) is 45.7 Å². The average molecular weight is 287 g/mol. The zero-order valence-corrected chi connectivity index (χ0v) is 14.9. The highest BCUT2D eigenvalue weighted by Crippen LogP contribution is 2.38. The predicted octanol–water partition coefficient (Wildman–Crippen LogP) is 3.56. The van der Waals surface area contributed by atoms with Crippen LogP contribution in [0.5, 0.6) is 0 Å². The molecule has 0 amide bonds. The number of hydrogen-bond acceptors (Lipinski definition) is 3. The van der Waals surface area contributed by atoms with Gasteiger partial charge in [0.15, 0.2) is 8.32 Å². The minimum absolute atomic E-state index is 0.250. The number of hydrogen-bond donors (Lipinski definition) is 1. The monoisotopic (exact) mass is 286 g/mol. The molecular weight excluding hydrogens is 252 g/mol. The van der Waals surface area contributed by atoms with Crippen LogP contribution in [0.1, 0.15) is 53.4 Å². The predicted molar refractivity (Wildman–Crippen MR) is 85.8 cm³/mol. The summed E-state index contributed by atoms with van der Waals surface area (Å²) >= 11 is 0. The molecule has 4 heteroatoms. The van der Waals surface area contributed by atoms with Gasteiger partial charge in [0.1, 0.15) is 0 Å². The first-order chi connectivity index (χ1) is 8.61. The fourth-order valence-corrected chi connectivity index (χ4v) is 4.91. The number of likely N-dealkylation sites (tertiary alicyclic amines) is 1. The molecule has 1 fully saturated rings. The van der Waals surface area contributed by atoms with Crippen LogP contribution >= 0.6 is 0 Å². The van der Waals surface area contributed by atoms with Gasteiger partial charge in [-0.3, -0.25) is 4.90 Å². The Kier molecular flexibility index (Phi) is 5.64. The normalized spacial score (nSPS) is 23.5. The van der Waals surface area contributed by atoms with Crippen molar-refractivity contribution in [3.63, 3.8) is 0 Å². The van der Waals surface area contributed by atoms with E-state index in [-0.39, 0.29) is 11.1 Å². The van der Waals surface area contributed by atoms with Gasteiger partial charge in [-0.2, -0.15) is 0 Å². The van der Waals surface area contributed by atoms with Gasteiger partial charge in [0.05, 0.1) is 6.73 Å². The van der Waals surface area contributed by atoms with E-state index >= 15 is 0 Å². The minimum Gasteiger partial charge on any atom is -0.405 e. The van der Waals surface area contributed by atoms with Crippen LogP contribution in [0.25, 0.3) is 0 Å². The van der Waals surface area contributed by atoms with Gasteiger partial charge < -0.3 is 10.2 Å². The summed E-state index contributed by atoms with van der Waals surface area (Å²) in [5, 5.41) is 0. The first-order valence-corrected chi connectivity index (χ1v) is 10.8. The molecule has 0 aromatic carbocycles. The van der Waals surface area contributed by atoms with Gasteiger partial charge in [-0.05, 0) is 79.1 Å². The Morgan fingerprint density at radius 2 is 1.63 bits per heavy atom. The van der Waals surface area contributed by atoms with Crippen molar-refractivity contribution in [2.24, 2.45) is 5.73 Å². The Morgan fingerprint density at radius 3 is 2.11 bits per heavy atom. The first kappa shape index (κ1) is 17.1. The number of rotatable bonds is 6. The number of piperidine rings is 1. The van der Waals surface area contributed by atoms with Crippen molar-refractivity contribution in [1.82, 2.24) is 4.90 Å². The van der Waals surface area contributed by atoms with Crippen LogP contribution in [0.4, 0.5) is 0 Å². The largest absolute Gasteiger partial charge is 0.405 e. The highest BCUT2D eigenvalue weighted by molar-refractivity contribution is 6.71. The Balaban J connectivity index is 2.62. The fraction of sp³-hybridized carbons (Fsp3) is 1.00. The summed E-state index contributed by atoms with van der Waals surface area (Å²) in [7, 11) is -1.55. The maximum atomic E-state index is 6.35. The van der Waals surface area contributed by atoms with Crippen molar-refractivity contribution in [3.8, 4) is 0 Å². The molecule has 0 radical (unpaired) electrons. The maximum absolute atomic E-state index is 6.35. The van der Waals surface area contributed by atoms with Crippen molar-refractivity contribution in [1.29, 1.82) is 0 Å². The van der Waals surface area contributed by atoms with E-state index in [1.165, 1.54) is 19.3 Å². The van der Waals surface area contributed by atoms with Gasteiger partial charge in [-0.15, -0.1) is 0 Å². The molecule has 2 N–H and O–H groups in total. The number of nitrogens with zero attached hydrogens (tertiary/aromatic N) is 1. The summed E-state index contributed by atoms with van der Waals surface area (Å²) < 4.78 is 6.35. The zero-order chi connectivity index (χ0) is 14.7. The average Bonchev–Trinajstić information content (AvgIpc) is 2.23. The van der Waals surface area contributed by atoms with Crippen LogP contribution in [0.3, 0.4) is 0 Å². The van der Waals surface area contributed by atoms with Gasteiger partial charge in [-0.1, -0.05) is 0 Å². The Morgan fingerprint density at radius 1 is 1.11 bits per heavy atom. The minimum atomic E-state index is -1.55. The second-order valence-electron chi connectivity index (χ2n) is 7.83. The lowest BCUT2D eigenvalue weighted by Crippen LogP contribution is -2.60. The molecule has 1 heterocycles. The summed E-state index contributed by atoms with van der Waals surface area (Å²) in [6.45, 7) is 15.6. The molecule has 0 aliphatic carbocycles. The fourth-order valence-electron chi connectivity index (χ4n) is 3.23. The van der Waals surface area contributed by atoms with Crippen LogP contribution in [-0.4, -0.2) is 37.6 Å². The van der Waals surface area contributed by atoms with E-state index in [0.29, 0.717) is 0 Å². The van der Waals surface area contributed by atoms with E-state index in [4.69, 9.17) is 10.2 Å². The first-order valence-electron chi connectivity index (χ1n) is 7.73. The topological polar surface area (TPSA) is 38.5 Å². The lowest BCUT2D eigenvalue weighted by molar-refractivity contribution is -0.0752. The number of nitrogens with two attached hydrogens (primary N) is 1.